The fourth-order valence-corrected chi connectivity index (χ4v) is 2.16. The fraction of sp³-hybridized carbons (Fsp3) is 0.462. The SMILES string of the molecule is CC(=O)OC1(C(=O)Nc2ccncc2)CCNCC1. The van der Waals surface area contributed by atoms with E-state index in [-0.39, 0.29) is 5.91 Å². The first-order chi connectivity index (χ1) is 9.12. The van der Waals surface area contributed by atoms with Crippen LogP contribution in [0, 0.1) is 0 Å². The molecule has 1 aliphatic heterocycles. The van der Waals surface area contributed by atoms with Crippen LogP contribution in [0.1, 0.15) is 19.8 Å². The van der Waals surface area contributed by atoms with Gasteiger partial charge in [-0.2, -0.15) is 0 Å². The monoisotopic (exact) mass is 263 g/mol. The average Bonchev–Trinajstić information content (AvgIpc) is 2.40. The van der Waals surface area contributed by atoms with Gasteiger partial charge in [-0.3, -0.25) is 14.6 Å². The highest BCUT2D eigenvalue weighted by atomic mass is 16.6. The van der Waals surface area contributed by atoms with Gasteiger partial charge in [0.2, 0.25) is 0 Å². The summed E-state index contributed by atoms with van der Waals surface area (Å²) in [5, 5.41) is 5.92. The zero-order valence-corrected chi connectivity index (χ0v) is 10.8. The Hall–Kier alpha value is -1.95. The number of carbonyl (C=O) groups is 2. The molecular formula is C13H17N3O3. The largest absolute Gasteiger partial charge is 0.449 e. The fourth-order valence-electron chi connectivity index (χ4n) is 2.16. The van der Waals surface area contributed by atoms with Gasteiger partial charge in [0.05, 0.1) is 0 Å². The highest BCUT2D eigenvalue weighted by molar-refractivity contribution is 5.98. The lowest BCUT2D eigenvalue weighted by Crippen LogP contribution is -2.53. The molecule has 6 nitrogen and oxygen atoms in total. The number of hydrogen-bond donors (Lipinski definition) is 2. The number of esters is 1. The third-order valence-electron chi connectivity index (χ3n) is 3.10. The van der Waals surface area contributed by atoms with Crippen molar-refractivity contribution in [2.75, 3.05) is 18.4 Å². The molecule has 0 bridgehead atoms. The molecule has 2 rings (SSSR count). The van der Waals surface area contributed by atoms with Crippen molar-refractivity contribution in [2.24, 2.45) is 0 Å². The van der Waals surface area contributed by atoms with Crippen LogP contribution in [0.5, 0.6) is 0 Å². The summed E-state index contributed by atoms with van der Waals surface area (Å²) in [7, 11) is 0. The molecule has 0 unspecified atom stereocenters. The van der Waals surface area contributed by atoms with Crippen molar-refractivity contribution in [3.05, 3.63) is 24.5 Å². The molecule has 0 atom stereocenters. The Bertz CT molecular complexity index is 455. The number of pyridine rings is 1. The van der Waals surface area contributed by atoms with Crippen molar-refractivity contribution in [1.82, 2.24) is 10.3 Å². The first-order valence-corrected chi connectivity index (χ1v) is 6.24. The molecule has 1 saturated heterocycles. The van der Waals surface area contributed by atoms with E-state index in [0.29, 0.717) is 31.6 Å². The minimum Gasteiger partial charge on any atom is -0.449 e. The molecule has 0 spiro atoms. The number of piperidine rings is 1. The minimum atomic E-state index is -1.07. The summed E-state index contributed by atoms with van der Waals surface area (Å²) in [5.74, 6) is -0.720. The maximum absolute atomic E-state index is 12.4. The van der Waals surface area contributed by atoms with Crippen LogP contribution in [0.2, 0.25) is 0 Å². The predicted molar refractivity (Wildman–Crippen MR) is 69.5 cm³/mol. The summed E-state index contributed by atoms with van der Waals surface area (Å²) in [4.78, 5) is 27.5. The predicted octanol–water partition coefficient (Wildman–Crippen LogP) is 0.705. The van der Waals surface area contributed by atoms with Gasteiger partial charge in [-0.1, -0.05) is 0 Å². The third kappa shape index (κ3) is 3.29. The second-order valence-corrected chi connectivity index (χ2v) is 4.53. The van der Waals surface area contributed by atoms with E-state index in [0.717, 1.165) is 0 Å². The van der Waals surface area contributed by atoms with Crippen molar-refractivity contribution < 1.29 is 14.3 Å². The first-order valence-electron chi connectivity index (χ1n) is 6.24. The quantitative estimate of drug-likeness (QED) is 0.785. The molecular weight excluding hydrogens is 246 g/mol. The lowest BCUT2D eigenvalue weighted by atomic mass is 9.91. The third-order valence-corrected chi connectivity index (χ3v) is 3.10. The highest BCUT2D eigenvalue weighted by Crippen LogP contribution is 2.25. The number of amides is 1. The number of anilines is 1. The summed E-state index contributed by atoms with van der Waals surface area (Å²) in [6, 6.07) is 3.39. The van der Waals surface area contributed by atoms with Gasteiger partial charge in [-0.05, 0) is 25.2 Å². The van der Waals surface area contributed by atoms with Crippen LogP contribution in [0.25, 0.3) is 0 Å². The van der Waals surface area contributed by atoms with E-state index in [1.807, 2.05) is 0 Å². The molecule has 1 aromatic rings. The van der Waals surface area contributed by atoms with Gasteiger partial charge < -0.3 is 15.4 Å². The molecule has 0 saturated carbocycles. The summed E-state index contributed by atoms with van der Waals surface area (Å²) < 4.78 is 5.31. The molecule has 0 aliphatic carbocycles. The van der Waals surface area contributed by atoms with E-state index in [1.165, 1.54) is 6.92 Å². The molecule has 2 heterocycles. The van der Waals surface area contributed by atoms with Gasteiger partial charge in [-0.15, -0.1) is 0 Å². The summed E-state index contributed by atoms with van der Waals surface area (Å²) >= 11 is 0. The number of rotatable bonds is 3. The lowest BCUT2D eigenvalue weighted by Gasteiger charge is -2.35. The van der Waals surface area contributed by atoms with E-state index in [9.17, 15) is 9.59 Å². The van der Waals surface area contributed by atoms with Crippen molar-refractivity contribution in [3.8, 4) is 0 Å². The molecule has 0 aromatic carbocycles. The summed E-state index contributed by atoms with van der Waals surface area (Å²) in [5.41, 5.74) is -0.426. The molecule has 102 valence electrons. The van der Waals surface area contributed by atoms with Crippen LogP contribution >= 0.6 is 0 Å². The van der Waals surface area contributed by atoms with Crippen LogP contribution in [0.3, 0.4) is 0 Å². The Balaban J connectivity index is 2.13. The first kappa shape index (κ1) is 13.5. The van der Waals surface area contributed by atoms with Crippen molar-refractivity contribution in [1.29, 1.82) is 0 Å². The van der Waals surface area contributed by atoms with Gasteiger partial charge in [-0.25, -0.2) is 0 Å². The normalized spacial score (nSPS) is 17.5. The van der Waals surface area contributed by atoms with E-state index in [2.05, 4.69) is 15.6 Å². The van der Waals surface area contributed by atoms with Gasteiger partial charge in [0.25, 0.3) is 5.91 Å². The van der Waals surface area contributed by atoms with E-state index in [4.69, 9.17) is 4.74 Å². The number of carbonyl (C=O) groups excluding carboxylic acids is 2. The Morgan fingerprint density at radius 2 is 1.95 bits per heavy atom. The number of nitrogens with zero attached hydrogens (tertiary/aromatic N) is 1. The number of hydrogen-bond acceptors (Lipinski definition) is 5. The van der Waals surface area contributed by atoms with Crippen molar-refractivity contribution >= 4 is 17.6 Å². The van der Waals surface area contributed by atoms with Gasteiger partial charge in [0, 0.05) is 37.8 Å². The molecule has 19 heavy (non-hydrogen) atoms. The lowest BCUT2D eigenvalue weighted by molar-refractivity contribution is -0.167. The molecule has 2 N–H and O–H groups in total. The van der Waals surface area contributed by atoms with E-state index >= 15 is 0 Å². The Kier molecular flexibility index (Phi) is 4.11. The molecule has 0 radical (unpaired) electrons. The second-order valence-electron chi connectivity index (χ2n) is 4.53. The highest BCUT2D eigenvalue weighted by Gasteiger charge is 2.42. The minimum absolute atomic E-state index is 0.282. The zero-order chi connectivity index (χ0) is 13.7. The molecule has 1 fully saturated rings. The van der Waals surface area contributed by atoms with E-state index < -0.39 is 11.6 Å². The molecule has 1 aromatic heterocycles. The van der Waals surface area contributed by atoms with Crippen LogP contribution in [-0.2, 0) is 14.3 Å². The Morgan fingerprint density at radius 3 is 2.53 bits per heavy atom. The average molecular weight is 263 g/mol. The van der Waals surface area contributed by atoms with Crippen molar-refractivity contribution in [2.45, 2.75) is 25.4 Å². The topological polar surface area (TPSA) is 80.3 Å². The Morgan fingerprint density at radius 1 is 1.32 bits per heavy atom. The molecule has 1 aliphatic rings. The second kappa shape index (κ2) is 5.79. The number of nitrogens with one attached hydrogen (secondary N) is 2. The van der Waals surface area contributed by atoms with Gasteiger partial charge >= 0.3 is 5.97 Å². The molecule has 1 amide bonds. The van der Waals surface area contributed by atoms with Gasteiger partial charge in [0.1, 0.15) is 0 Å². The Labute approximate surface area is 111 Å². The maximum atomic E-state index is 12.4. The maximum Gasteiger partial charge on any atom is 0.303 e. The van der Waals surface area contributed by atoms with Crippen LogP contribution in [-0.4, -0.2) is 35.6 Å². The molecule has 6 heteroatoms. The summed E-state index contributed by atoms with van der Waals surface area (Å²) in [6.45, 7) is 2.62. The zero-order valence-electron chi connectivity index (χ0n) is 10.8. The van der Waals surface area contributed by atoms with Crippen LogP contribution in [0.4, 0.5) is 5.69 Å². The summed E-state index contributed by atoms with van der Waals surface area (Å²) in [6.07, 6.45) is 4.14. The van der Waals surface area contributed by atoms with Crippen LogP contribution in [0.15, 0.2) is 24.5 Å². The van der Waals surface area contributed by atoms with Crippen LogP contribution < -0.4 is 10.6 Å². The smallest absolute Gasteiger partial charge is 0.303 e. The van der Waals surface area contributed by atoms with Crippen molar-refractivity contribution in [3.63, 3.8) is 0 Å². The van der Waals surface area contributed by atoms with Gasteiger partial charge in [0.15, 0.2) is 5.60 Å². The van der Waals surface area contributed by atoms with E-state index in [1.54, 1.807) is 24.5 Å². The number of ether oxygens (including phenoxy) is 1. The number of aromatic nitrogens is 1. The standard InChI is InChI=1S/C13H17N3O3/c1-10(17)19-13(4-8-15-9-5-13)12(18)16-11-2-6-14-7-3-11/h2-3,6-7,15H,4-5,8-9H2,1H3,(H,14,16,18).